The summed E-state index contributed by atoms with van der Waals surface area (Å²) in [4.78, 5) is 18.8. The lowest BCUT2D eigenvalue weighted by Gasteiger charge is -2.27. The Labute approximate surface area is 162 Å². The molecular formula is C22H16ClNOS. The molecule has 1 atom stereocenters. The van der Waals surface area contributed by atoms with Gasteiger partial charge in [0.15, 0.2) is 0 Å². The van der Waals surface area contributed by atoms with Crippen LogP contribution in [0, 0.1) is 12.8 Å². The van der Waals surface area contributed by atoms with Crippen LogP contribution in [0.15, 0.2) is 92.7 Å². The number of hydrogen-bond acceptors (Lipinski definition) is 2. The SMILES string of the molecule is Cc1ccc(SC2=C(c3ccccc3)C3C=C(Cl)C=CC3=NC2=O)cc1. The lowest BCUT2D eigenvalue weighted by Crippen LogP contribution is -2.23. The highest BCUT2D eigenvalue weighted by molar-refractivity contribution is 8.04. The molecule has 2 aliphatic rings. The number of aryl methyl sites for hydroxylation is 1. The van der Waals surface area contributed by atoms with Gasteiger partial charge >= 0.3 is 0 Å². The topological polar surface area (TPSA) is 29.4 Å². The zero-order valence-electron chi connectivity index (χ0n) is 14.1. The number of nitrogens with zero attached hydrogens (tertiary/aromatic N) is 1. The molecule has 1 aliphatic heterocycles. The molecule has 26 heavy (non-hydrogen) atoms. The van der Waals surface area contributed by atoms with Crippen LogP contribution in [0.2, 0.25) is 0 Å². The van der Waals surface area contributed by atoms with E-state index < -0.39 is 0 Å². The Morgan fingerprint density at radius 3 is 2.46 bits per heavy atom. The number of allylic oxidation sites excluding steroid dienone is 5. The monoisotopic (exact) mass is 377 g/mol. The van der Waals surface area contributed by atoms with E-state index in [1.54, 1.807) is 6.08 Å². The number of fused-ring (bicyclic) bond motifs is 1. The van der Waals surface area contributed by atoms with Crippen LogP contribution in [0.1, 0.15) is 11.1 Å². The Morgan fingerprint density at radius 1 is 1.00 bits per heavy atom. The van der Waals surface area contributed by atoms with Crippen molar-refractivity contribution in [1.29, 1.82) is 0 Å². The van der Waals surface area contributed by atoms with Crippen molar-refractivity contribution in [2.45, 2.75) is 11.8 Å². The first-order valence-electron chi connectivity index (χ1n) is 8.34. The Kier molecular flexibility index (Phi) is 4.66. The molecule has 1 amide bonds. The van der Waals surface area contributed by atoms with Gasteiger partial charge in [-0.1, -0.05) is 77.5 Å². The summed E-state index contributed by atoms with van der Waals surface area (Å²) in [6.07, 6.45) is 5.58. The second-order valence-electron chi connectivity index (χ2n) is 6.23. The van der Waals surface area contributed by atoms with Crippen LogP contribution in [0.3, 0.4) is 0 Å². The fourth-order valence-corrected chi connectivity index (χ4v) is 4.27. The predicted molar refractivity (Wildman–Crippen MR) is 109 cm³/mol. The second kappa shape index (κ2) is 7.10. The molecule has 0 bridgehead atoms. The molecule has 2 aromatic carbocycles. The molecule has 1 unspecified atom stereocenters. The van der Waals surface area contributed by atoms with Gasteiger partial charge in [0.2, 0.25) is 0 Å². The number of hydrogen-bond donors (Lipinski definition) is 0. The van der Waals surface area contributed by atoms with E-state index in [4.69, 9.17) is 11.6 Å². The maximum atomic E-state index is 12.8. The van der Waals surface area contributed by atoms with Crippen molar-refractivity contribution in [3.63, 3.8) is 0 Å². The fourth-order valence-electron chi connectivity index (χ4n) is 3.08. The predicted octanol–water partition coefficient (Wildman–Crippen LogP) is 5.79. The number of aliphatic imine (C=N–C) groups is 1. The molecule has 128 valence electrons. The molecule has 0 saturated carbocycles. The minimum absolute atomic E-state index is 0.111. The molecule has 0 fully saturated rings. The standard InChI is InChI=1S/C22H16ClNOS/c1-14-7-10-17(11-8-14)26-21-20(15-5-3-2-4-6-15)18-13-16(23)9-12-19(18)24-22(21)25/h2-13,18H,1H3. The van der Waals surface area contributed by atoms with Crippen molar-refractivity contribution in [2.24, 2.45) is 10.9 Å². The maximum Gasteiger partial charge on any atom is 0.284 e. The van der Waals surface area contributed by atoms with Crippen LogP contribution in [0.25, 0.3) is 5.57 Å². The van der Waals surface area contributed by atoms with Crippen molar-refractivity contribution < 1.29 is 4.79 Å². The van der Waals surface area contributed by atoms with E-state index in [9.17, 15) is 4.79 Å². The van der Waals surface area contributed by atoms with Gasteiger partial charge in [-0.15, -0.1) is 0 Å². The molecule has 4 heteroatoms. The molecule has 0 aromatic heterocycles. The van der Waals surface area contributed by atoms with E-state index in [-0.39, 0.29) is 11.8 Å². The summed E-state index contributed by atoms with van der Waals surface area (Å²) in [6.45, 7) is 2.05. The third-order valence-electron chi connectivity index (χ3n) is 4.36. The Morgan fingerprint density at radius 2 is 1.73 bits per heavy atom. The van der Waals surface area contributed by atoms with Crippen LogP contribution < -0.4 is 0 Å². The van der Waals surface area contributed by atoms with Crippen molar-refractivity contribution in [2.75, 3.05) is 0 Å². The summed E-state index contributed by atoms with van der Waals surface area (Å²) < 4.78 is 0. The van der Waals surface area contributed by atoms with Crippen LogP contribution in [-0.2, 0) is 4.79 Å². The van der Waals surface area contributed by atoms with Gasteiger partial charge in [0.25, 0.3) is 5.91 Å². The molecule has 0 N–H and O–H groups in total. The third kappa shape index (κ3) is 3.33. The quantitative estimate of drug-likeness (QED) is 0.677. The van der Waals surface area contributed by atoms with Crippen LogP contribution >= 0.6 is 23.4 Å². The Hall–Kier alpha value is -2.36. The first kappa shape index (κ1) is 17.1. The van der Waals surface area contributed by atoms with Gasteiger partial charge in [-0.2, -0.15) is 0 Å². The van der Waals surface area contributed by atoms with Crippen LogP contribution in [0.4, 0.5) is 0 Å². The van der Waals surface area contributed by atoms with Gasteiger partial charge in [-0.25, -0.2) is 4.99 Å². The number of carbonyl (C=O) groups is 1. The minimum Gasteiger partial charge on any atom is -0.266 e. The second-order valence-corrected chi connectivity index (χ2v) is 7.75. The summed E-state index contributed by atoms with van der Waals surface area (Å²) in [7, 11) is 0. The summed E-state index contributed by atoms with van der Waals surface area (Å²) in [6, 6.07) is 18.2. The van der Waals surface area contributed by atoms with Crippen LogP contribution in [0.5, 0.6) is 0 Å². The average molecular weight is 378 g/mol. The largest absolute Gasteiger partial charge is 0.284 e. The number of benzene rings is 2. The van der Waals surface area contributed by atoms with Gasteiger partial charge in [-0.05, 0) is 42.3 Å². The van der Waals surface area contributed by atoms with Gasteiger partial charge in [0, 0.05) is 15.8 Å². The van der Waals surface area contributed by atoms with E-state index in [1.807, 2.05) is 73.7 Å². The van der Waals surface area contributed by atoms with Gasteiger partial charge in [0.05, 0.1) is 10.6 Å². The lowest BCUT2D eigenvalue weighted by molar-refractivity contribution is -0.113. The number of amides is 1. The normalized spacial score (nSPS) is 19.2. The minimum atomic E-state index is -0.197. The molecule has 0 saturated heterocycles. The summed E-state index contributed by atoms with van der Waals surface area (Å²) >= 11 is 7.72. The van der Waals surface area contributed by atoms with E-state index in [1.165, 1.54) is 17.3 Å². The number of thioether (sulfide) groups is 1. The smallest absolute Gasteiger partial charge is 0.266 e. The zero-order valence-corrected chi connectivity index (χ0v) is 15.7. The van der Waals surface area contributed by atoms with E-state index in [0.29, 0.717) is 9.94 Å². The van der Waals surface area contributed by atoms with Crippen molar-refractivity contribution in [1.82, 2.24) is 0 Å². The fraction of sp³-hybridized carbons (Fsp3) is 0.0909. The zero-order chi connectivity index (χ0) is 18.1. The van der Waals surface area contributed by atoms with Crippen molar-refractivity contribution in [3.8, 4) is 0 Å². The third-order valence-corrected chi connectivity index (χ3v) is 5.72. The average Bonchev–Trinajstić information content (AvgIpc) is 2.65. The lowest BCUT2D eigenvalue weighted by atomic mass is 9.84. The molecular weight excluding hydrogens is 362 g/mol. The van der Waals surface area contributed by atoms with E-state index in [0.717, 1.165) is 21.7 Å². The highest BCUT2D eigenvalue weighted by Crippen LogP contribution is 2.42. The maximum absolute atomic E-state index is 12.8. The van der Waals surface area contributed by atoms with Gasteiger partial charge in [-0.3, -0.25) is 4.79 Å². The van der Waals surface area contributed by atoms with E-state index in [2.05, 4.69) is 4.99 Å². The first-order chi connectivity index (χ1) is 12.6. The highest BCUT2D eigenvalue weighted by atomic mass is 35.5. The molecule has 2 aromatic rings. The Balaban J connectivity index is 1.86. The first-order valence-corrected chi connectivity index (χ1v) is 9.54. The molecule has 1 heterocycles. The van der Waals surface area contributed by atoms with Crippen LogP contribution in [-0.4, -0.2) is 11.6 Å². The molecule has 1 aliphatic carbocycles. The van der Waals surface area contributed by atoms with Gasteiger partial charge in [0.1, 0.15) is 0 Å². The molecule has 0 radical (unpaired) electrons. The summed E-state index contributed by atoms with van der Waals surface area (Å²) in [5.41, 5.74) is 3.91. The van der Waals surface area contributed by atoms with E-state index >= 15 is 0 Å². The summed E-state index contributed by atoms with van der Waals surface area (Å²) in [5.74, 6) is -0.308. The number of rotatable bonds is 3. The van der Waals surface area contributed by atoms with Crippen molar-refractivity contribution >= 4 is 40.6 Å². The summed E-state index contributed by atoms with van der Waals surface area (Å²) in [5, 5.41) is 0.663. The molecule has 4 rings (SSSR count). The number of halogens is 1. The van der Waals surface area contributed by atoms with Crippen molar-refractivity contribution in [3.05, 3.63) is 93.9 Å². The molecule has 0 spiro atoms. The Bertz CT molecular complexity index is 985. The number of dihydropyridines is 1. The number of carbonyl (C=O) groups excluding carboxylic acids is 1. The molecule has 2 nitrogen and oxygen atoms in total. The van der Waals surface area contributed by atoms with Gasteiger partial charge < -0.3 is 0 Å². The highest BCUT2D eigenvalue weighted by Gasteiger charge is 2.32.